The SMILES string of the molecule is CN1C(=O)CC[C@]2(C)[C@H]3CC[C@]4(C)[C@@H](C(=O)NCC(=O)O)CC[C@H]4[C@@H]3CC[C@@H]12. The molecule has 1 heterocycles. The molecular weight excluding hydrogens is 356 g/mol. The molecule has 0 unspecified atom stereocenters. The monoisotopic (exact) mass is 390 g/mol. The summed E-state index contributed by atoms with van der Waals surface area (Å²) < 4.78 is 0. The Balaban J connectivity index is 1.54. The molecule has 1 aliphatic heterocycles. The van der Waals surface area contributed by atoms with Gasteiger partial charge in [0.1, 0.15) is 6.54 Å². The highest BCUT2D eigenvalue weighted by Crippen LogP contribution is 2.66. The normalized spacial score (nSPS) is 45.0. The second-order valence-electron chi connectivity index (χ2n) is 10.3. The van der Waals surface area contributed by atoms with Crippen molar-refractivity contribution in [1.82, 2.24) is 10.2 Å². The van der Waals surface area contributed by atoms with Gasteiger partial charge in [-0.1, -0.05) is 13.8 Å². The molecule has 6 nitrogen and oxygen atoms in total. The summed E-state index contributed by atoms with van der Waals surface area (Å²) in [6, 6.07) is 0.357. The van der Waals surface area contributed by atoms with Crippen molar-refractivity contribution in [1.29, 1.82) is 0 Å². The highest BCUT2D eigenvalue weighted by molar-refractivity contribution is 5.83. The largest absolute Gasteiger partial charge is 0.480 e. The van der Waals surface area contributed by atoms with Crippen molar-refractivity contribution in [3.05, 3.63) is 0 Å². The summed E-state index contributed by atoms with van der Waals surface area (Å²) in [6.07, 6.45) is 7.96. The van der Waals surface area contributed by atoms with E-state index in [0.29, 0.717) is 30.2 Å². The number of hydrogen-bond acceptors (Lipinski definition) is 3. The molecule has 0 bridgehead atoms. The number of nitrogens with one attached hydrogen (secondary N) is 1. The quantitative estimate of drug-likeness (QED) is 0.776. The van der Waals surface area contributed by atoms with E-state index in [1.54, 1.807) is 0 Å². The Morgan fingerprint density at radius 2 is 1.79 bits per heavy atom. The Bertz CT molecular complexity index is 694. The molecule has 7 atom stereocenters. The van der Waals surface area contributed by atoms with Crippen LogP contribution in [0.3, 0.4) is 0 Å². The van der Waals surface area contributed by atoms with Crippen molar-refractivity contribution in [2.24, 2.45) is 34.5 Å². The van der Waals surface area contributed by atoms with Crippen molar-refractivity contribution in [3.8, 4) is 0 Å². The van der Waals surface area contributed by atoms with Gasteiger partial charge < -0.3 is 15.3 Å². The molecule has 0 spiro atoms. The van der Waals surface area contributed by atoms with E-state index in [1.807, 2.05) is 11.9 Å². The summed E-state index contributed by atoms with van der Waals surface area (Å²) >= 11 is 0. The van der Waals surface area contributed by atoms with Crippen LogP contribution in [-0.2, 0) is 14.4 Å². The van der Waals surface area contributed by atoms with Crippen molar-refractivity contribution in [2.45, 2.75) is 71.3 Å². The number of carboxylic acid groups (broad SMARTS) is 1. The van der Waals surface area contributed by atoms with Crippen molar-refractivity contribution < 1.29 is 19.5 Å². The molecule has 28 heavy (non-hydrogen) atoms. The number of rotatable bonds is 3. The van der Waals surface area contributed by atoms with E-state index in [0.717, 1.165) is 44.9 Å². The fraction of sp³-hybridized carbons (Fsp3) is 0.864. The summed E-state index contributed by atoms with van der Waals surface area (Å²) in [6.45, 7) is 4.39. The van der Waals surface area contributed by atoms with E-state index in [4.69, 9.17) is 5.11 Å². The summed E-state index contributed by atoms with van der Waals surface area (Å²) in [5.41, 5.74) is 0.167. The minimum atomic E-state index is -0.987. The number of amides is 2. The summed E-state index contributed by atoms with van der Waals surface area (Å²) in [4.78, 5) is 37.8. The molecule has 0 aromatic carbocycles. The summed E-state index contributed by atoms with van der Waals surface area (Å²) in [5.74, 6) is 0.941. The molecule has 2 N–H and O–H groups in total. The lowest BCUT2D eigenvalue weighted by Gasteiger charge is -2.61. The maximum atomic E-state index is 12.7. The van der Waals surface area contributed by atoms with Gasteiger partial charge in [0.15, 0.2) is 0 Å². The van der Waals surface area contributed by atoms with Crippen LogP contribution in [0.5, 0.6) is 0 Å². The average Bonchev–Trinajstić information content (AvgIpc) is 3.00. The predicted octanol–water partition coefficient (Wildman–Crippen LogP) is 2.67. The van der Waals surface area contributed by atoms with Gasteiger partial charge in [0.05, 0.1) is 0 Å². The fourth-order valence-electron chi connectivity index (χ4n) is 7.87. The number of aliphatic carboxylic acids is 1. The molecule has 0 radical (unpaired) electrons. The molecule has 156 valence electrons. The second kappa shape index (κ2) is 6.74. The zero-order chi connectivity index (χ0) is 20.3. The van der Waals surface area contributed by atoms with Gasteiger partial charge in [-0.25, -0.2) is 0 Å². The molecular formula is C22H34N2O4. The number of fused-ring (bicyclic) bond motifs is 5. The van der Waals surface area contributed by atoms with E-state index in [2.05, 4.69) is 19.2 Å². The van der Waals surface area contributed by atoms with Crippen LogP contribution in [-0.4, -0.2) is 47.4 Å². The fourth-order valence-corrected chi connectivity index (χ4v) is 7.87. The lowest BCUT2D eigenvalue weighted by atomic mass is 9.47. The third-order valence-electron chi connectivity index (χ3n) is 9.29. The Morgan fingerprint density at radius 1 is 1.07 bits per heavy atom. The minimum Gasteiger partial charge on any atom is -0.480 e. The molecule has 4 rings (SSSR count). The van der Waals surface area contributed by atoms with Crippen LogP contribution in [0.1, 0.15) is 65.2 Å². The molecule has 3 aliphatic carbocycles. The first kappa shape index (κ1) is 19.7. The number of carbonyl (C=O) groups is 3. The van der Waals surface area contributed by atoms with Gasteiger partial charge in [-0.3, -0.25) is 14.4 Å². The summed E-state index contributed by atoms with van der Waals surface area (Å²) in [5, 5.41) is 11.5. The number of likely N-dealkylation sites (tertiary alicyclic amines) is 1. The van der Waals surface area contributed by atoms with Crippen LogP contribution in [0.25, 0.3) is 0 Å². The highest BCUT2D eigenvalue weighted by Gasteiger charge is 2.62. The van der Waals surface area contributed by atoms with Gasteiger partial charge in [0.2, 0.25) is 11.8 Å². The Hall–Kier alpha value is -1.59. The van der Waals surface area contributed by atoms with Crippen LogP contribution in [0.2, 0.25) is 0 Å². The van der Waals surface area contributed by atoms with Gasteiger partial charge in [-0.15, -0.1) is 0 Å². The zero-order valence-electron chi connectivity index (χ0n) is 17.4. The van der Waals surface area contributed by atoms with E-state index < -0.39 is 5.97 Å². The standard InChI is InChI=1S/C22H34N2O4/c1-21-10-8-15-13(4-7-17-22(15,2)11-9-18(25)24(17)3)14(21)5-6-16(21)20(28)23-12-19(26)27/h13-17H,4-12H2,1-3H3,(H,23,28)(H,26,27)/t13-,14-,15-,16+,17+,21-,22+/m0/s1. The minimum absolute atomic E-state index is 0.0245. The van der Waals surface area contributed by atoms with Gasteiger partial charge in [0, 0.05) is 25.4 Å². The number of piperidine rings is 1. The lowest BCUT2D eigenvalue weighted by molar-refractivity contribution is -0.159. The molecule has 3 saturated carbocycles. The Labute approximate surface area is 167 Å². The van der Waals surface area contributed by atoms with Crippen LogP contribution < -0.4 is 5.32 Å². The van der Waals surface area contributed by atoms with Crippen LogP contribution in [0, 0.1) is 34.5 Å². The van der Waals surface area contributed by atoms with Crippen molar-refractivity contribution in [2.75, 3.05) is 13.6 Å². The molecule has 4 fully saturated rings. The maximum Gasteiger partial charge on any atom is 0.322 e. The highest BCUT2D eigenvalue weighted by atomic mass is 16.4. The first-order chi connectivity index (χ1) is 13.2. The van der Waals surface area contributed by atoms with Crippen molar-refractivity contribution in [3.63, 3.8) is 0 Å². The van der Waals surface area contributed by atoms with Gasteiger partial charge in [-0.2, -0.15) is 0 Å². The van der Waals surface area contributed by atoms with Gasteiger partial charge in [0.25, 0.3) is 0 Å². The van der Waals surface area contributed by atoms with E-state index in [9.17, 15) is 14.4 Å². The van der Waals surface area contributed by atoms with Crippen molar-refractivity contribution >= 4 is 17.8 Å². The first-order valence-corrected chi connectivity index (χ1v) is 10.9. The van der Waals surface area contributed by atoms with Gasteiger partial charge in [-0.05, 0) is 73.5 Å². The molecule has 4 aliphatic rings. The lowest BCUT2D eigenvalue weighted by Crippen LogP contribution is -2.61. The predicted molar refractivity (Wildman–Crippen MR) is 104 cm³/mol. The molecule has 0 aromatic heterocycles. The van der Waals surface area contributed by atoms with Gasteiger partial charge >= 0.3 is 5.97 Å². The van der Waals surface area contributed by atoms with Crippen LogP contribution in [0.15, 0.2) is 0 Å². The molecule has 0 aromatic rings. The zero-order valence-corrected chi connectivity index (χ0v) is 17.4. The smallest absolute Gasteiger partial charge is 0.322 e. The summed E-state index contributed by atoms with van der Waals surface area (Å²) in [7, 11) is 1.98. The number of carbonyl (C=O) groups excluding carboxylic acids is 2. The number of carboxylic acids is 1. The van der Waals surface area contributed by atoms with E-state index in [-0.39, 0.29) is 35.1 Å². The Kier molecular flexibility index (Phi) is 4.74. The van der Waals surface area contributed by atoms with E-state index in [1.165, 1.54) is 0 Å². The van der Waals surface area contributed by atoms with E-state index >= 15 is 0 Å². The average molecular weight is 391 g/mol. The van der Waals surface area contributed by atoms with Crippen LogP contribution >= 0.6 is 0 Å². The Morgan fingerprint density at radius 3 is 2.50 bits per heavy atom. The molecule has 1 saturated heterocycles. The third kappa shape index (κ3) is 2.78. The second-order valence-corrected chi connectivity index (χ2v) is 10.3. The topological polar surface area (TPSA) is 86.7 Å². The number of nitrogens with zero attached hydrogens (tertiary/aromatic N) is 1. The van der Waals surface area contributed by atoms with Crippen LogP contribution in [0.4, 0.5) is 0 Å². The molecule has 6 heteroatoms. The third-order valence-corrected chi connectivity index (χ3v) is 9.29. The first-order valence-electron chi connectivity index (χ1n) is 10.9. The molecule has 2 amide bonds. The number of hydrogen-bond donors (Lipinski definition) is 2. The maximum absolute atomic E-state index is 12.7.